The molecule has 1 aromatic carbocycles. The predicted octanol–water partition coefficient (Wildman–Crippen LogP) is 2.67. The minimum Gasteiger partial charge on any atom is -0.316 e. The Morgan fingerprint density at radius 2 is 1.71 bits per heavy atom. The normalized spacial score (nSPS) is 18.2. The SMILES string of the molecule is CNCc1cc(S(=O)(=O)N2CCCCCCC2)ccc1C. The van der Waals surface area contributed by atoms with Gasteiger partial charge in [0, 0.05) is 19.6 Å². The summed E-state index contributed by atoms with van der Waals surface area (Å²) in [6, 6.07) is 5.46. The van der Waals surface area contributed by atoms with Crippen LogP contribution in [-0.4, -0.2) is 32.9 Å². The van der Waals surface area contributed by atoms with E-state index in [9.17, 15) is 8.42 Å². The van der Waals surface area contributed by atoms with E-state index in [1.54, 1.807) is 10.4 Å². The zero-order chi connectivity index (χ0) is 15.3. The number of nitrogens with one attached hydrogen (secondary N) is 1. The number of hydrogen-bond donors (Lipinski definition) is 1. The molecule has 5 heteroatoms. The predicted molar refractivity (Wildman–Crippen MR) is 85.8 cm³/mol. The molecular formula is C16H26N2O2S. The average molecular weight is 310 g/mol. The Balaban J connectivity index is 2.27. The first-order chi connectivity index (χ1) is 10.1. The lowest BCUT2D eigenvalue weighted by Gasteiger charge is -2.24. The van der Waals surface area contributed by atoms with Gasteiger partial charge in [0.25, 0.3) is 0 Å². The van der Waals surface area contributed by atoms with Crippen molar-refractivity contribution in [2.45, 2.75) is 50.5 Å². The van der Waals surface area contributed by atoms with Gasteiger partial charge >= 0.3 is 0 Å². The van der Waals surface area contributed by atoms with Crippen LogP contribution in [0.15, 0.2) is 23.1 Å². The highest BCUT2D eigenvalue weighted by atomic mass is 32.2. The standard InChI is InChI=1S/C16H26N2O2S/c1-14-8-9-16(12-15(14)13-17-2)21(19,20)18-10-6-4-3-5-7-11-18/h8-9,12,17H,3-7,10-11,13H2,1-2H3. The van der Waals surface area contributed by atoms with Crippen LogP contribution >= 0.6 is 0 Å². The summed E-state index contributed by atoms with van der Waals surface area (Å²) in [5.74, 6) is 0. The van der Waals surface area contributed by atoms with Gasteiger partial charge in [-0.1, -0.05) is 25.3 Å². The molecule has 1 aliphatic heterocycles. The lowest BCUT2D eigenvalue weighted by atomic mass is 10.1. The Morgan fingerprint density at radius 1 is 1.10 bits per heavy atom. The Labute approximate surface area is 128 Å². The molecule has 0 aromatic heterocycles. The van der Waals surface area contributed by atoms with Crippen molar-refractivity contribution in [3.63, 3.8) is 0 Å². The van der Waals surface area contributed by atoms with E-state index in [0.717, 1.165) is 36.8 Å². The first-order valence-electron chi connectivity index (χ1n) is 7.80. The summed E-state index contributed by atoms with van der Waals surface area (Å²) in [4.78, 5) is 0.430. The molecule has 1 N–H and O–H groups in total. The molecule has 4 nitrogen and oxygen atoms in total. The maximum atomic E-state index is 12.8. The number of nitrogens with zero attached hydrogens (tertiary/aromatic N) is 1. The second-order valence-corrected chi connectivity index (χ2v) is 7.73. The lowest BCUT2D eigenvalue weighted by molar-refractivity contribution is 0.364. The molecular weight excluding hydrogens is 284 g/mol. The number of sulfonamides is 1. The molecule has 1 aromatic rings. The highest BCUT2D eigenvalue weighted by molar-refractivity contribution is 7.89. The Bertz CT molecular complexity index is 562. The summed E-state index contributed by atoms with van der Waals surface area (Å²) in [6.07, 6.45) is 5.42. The summed E-state index contributed by atoms with van der Waals surface area (Å²) < 4.78 is 27.3. The van der Waals surface area contributed by atoms with Crippen LogP contribution in [0.5, 0.6) is 0 Å². The molecule has 2 rings (SSSR count). The second kappa shape index (κ2) is 7.38. The van der Waals surface area contributed by atoms with Crippen LogP contribution in [0.2, 0.25) is 0 Å². The average Bonchev–Trinajstić information content (AvgIpc) is 2.40. The van der Waals surface area contributed by atoms with Gasteiger partial charge in [-0.2, -0.15) is 4.31 Å². The maximum absolute atomic E-state index is 12.8. The molecule has 0 atom stereocenters. The van der Waals surface area contributed by atoms with Crippen molar-refractivity contribution in [3.05, 3.63) is 29.3 Å². The quantitative estimate of drug-likeness (QED) is 0.930. The van der Waals surface area contributed by atoms with Crippen molar-refractivity contribution < 1.29 is 8.42 Å². The third-order valence-corrected chi connectivity index (χ3v) is 6.04. The van der Waals surface area contributed by atoms with Crippen molar-refractivity contribution >= 4 is 10.0 Å². The molecule has 0 unspecified atom stereocenters. The van der Waals surface area contributed by atoms with Crippen LogP contribution in [0.25, 0.3) is 0 Å². The first-order valence-corrected chi connectivity index (χ1v) is 9.24. The molecule has 21 heavy (non-hydrogen) atoms. The minimum absolute atomic E-state index is 0.430. The van der Waals surface area contributed by atoms with Gasteiger partial charge in [0.15, 0.2) is 0 Å². The van der Waals surface area contributed by atoms with E-state index >= 15 is 0 Å². The van der Waals surface area contributed by atoms with Crippen molar-refractivity contribution in [2.24, 2.45) is 0 Å². The van der Waals surface area contributed by atoms with Crippen molar-refractivity contribution in [3.8, 4) is 0 Å². The van der Waals surface area contributed by atoms with Gasteiger partial charge in [0.2, 0.25) is 10.0 Å². The van der Waals surface area contributed by atoms with E-state index in [4.69, 9.17) is 0 Å². The zero-order valence-electron chi connectivity index (χ0n) is 13.1. The van der Waals surface area contributed by atoms with Gasteiger partial charge in [0.1, 0.15) is 0 Å². The lowest BCUT2D eigenvalue weighted by Crippen LogP contribution is -2.34. The topological polar surface area (TPSA) is 49.4 Å². The van der Waals surface area contributed by atoms with E-state index in [1.165, 1.54) is 6.42 Å². The van der Waals surface area contributed by atoms with Crippen molar-refractivity contribution in [1.29, 1.82) is 0 Å². The van der Waals surface area contributed by atoms with Crippen molar-refractivity contribution in [1.82, 2.24) is 9.62 Å². The first kappa shape index (κ1) is 16.5. The monoisotopic (exact) mass is 310 g/mol. The smallest absolute Gasteiger partial charge is 0.243 e. The largest absolute Gasteiger partial charge is 0.316 e. The van der Waals surface area contributed by atoms with E-state index < -0.39 is 10.0 Å². The third-order valence-electron chi connectivity index (χ3n) is 4.14. The number of hydrogen-bond acceptors (Lipinski definition) is 3. The van der Waals surface area contributed by atoms with Gasteiger partial charge < -0.3 is 5.32 Å². The second-order valence-electron chi connectivity index (χ2n) is 5.79. The van der Waals surface area contributed by atoms with Crippen LogP contribution in [0.4, 0.5) is 0 Å². The highest BCUT2D eigenvalue weighted by Crippen LogP contribution is 2.22. The van der Waals surface area contributed by atoms with Gasteiger partial charge in [-0.25, -0.2) is 8.42 Å². The van der Waals surface area contributed by atoms with Crippen LogP contribution < -0.4 is 5.32 Å². The highest BCUT2D eigenvalue weighted by Gasteiger charge is 2.25. The fraction of sp³-hybridized carbons (Fsp3) is 0.625. The summed E-state index contributed by atoms with van der Waals surface area (Å²) in [6.45, 7) is 4.00. The molecule has 0 spiro atoms. The zero-order valence-corrected chi connectivity index (χ0v) is 13.9. The third kappa shape index (κ3) is 4.05. The molecule has 0 saturated carbocycles. The molecule has 1 saturated heterocycles. The number of benzene rings is 1. The van der Waals surface area contributed by atoms with Crippen LogP contribution in [-0.2, 0) is 16.6 Å². The van der Waals surface area contributed by atoms with Crippen LogP contribution in [0.3, 0.4) is 0 Å². The number of aryl methyl sites for hydroxylation is 1. The summed E-state index contributed by atoms with van der Waals surface area (Å²) in [5.41, 5.74) is 2.17. The molecule has 0 bridgehead atoms. The van der Waals surface area contributed by atoms with E-state index in [-0.39, 0.29) is 0 Å². The molecule has 0 radical (unpaired) electrons. The summed E-state index contributed by atoms with van der Waals surface area (Å²) >= 11 is 0. The van der Waals surface area contributed by atoms with E-state index in [2.05, 4.69) is 5.32 Å². The minimum atomic E-state index is -3.35. The van der Waals surface area contributed by atoms with Gasteiger partial charge in [-0.05, 0) is 50.1 Å². The van der Waals surface area contributed by atoms with E-state index in [1.807, 2.05) is 26.1 Å². The summed E-state index contributed by atoms with van der Waals surface area (Å²) in [5, 5.41) is 3.09. The fourth-order valence-corrected chi connectivity index (χ4v) is 4.37. The van der Waals surface area contributed by atoms with Crippen molar-refractivity contribution in [2.75, 3.05) is 20.1 Å². The van der Waals surface area contributed by atoms with Gasteiger partial charge in [-0.15, -0.1) is 0 Å². The Hall–Kier alpha value is -0.910. The molecule has 1 heterocycles. The Kier molecular flexibility index (Phi) is 5.79. The number of rotatable bonds is 4. The van der Waals surface area contributed by atoms with E-state index in [0.29, 0.717) is 24.5 Å². The molecule has 1 fully saturated rings. The fourth-order valence-electron chi connectivity index (χ4n) is 2.80. The summed E-state index contributed by atoms with van der Waals surface area (Å²) in [7, 11) is -1.48. The van der Waals surface area contributed by atoms with Crippen LogP contribution in [0, 0.1) is 6.92 Å². The maximum Gasteiger partial charge on any atom is 0.243 e. The molecule has 118 valence electrons. The molecule has 0 aliphatic carbocycles. The van der Waals surface area contributed by atoms with Gasteiger partial charge in [-0.3, -0.25) is 0 Å². The molecule has 1 aliphatic rings. The van der Waals surface area contributed by atoms with Gasteiger partial charge in [0.05, 0.1) is 4.90 Å². The Morgan fingerprint density at radius 3 is 2.33 bits per heavy atom. The molecule has 0 amide bonds. The van der Waals surface area contributed by atoms with Crippen LogP contribution in [0.1, 0.15) is 43.2 Å².